The molecule has 14 heavy (non-hydrogen) atoms. The van der Waals surface area contributed by atoms with Crippen molar-refractivity contribution < 1.29 is 19.4 Å². The van der Waals surface area contributed by atoms with Crippen LogP contribution in [-0.2, 0) is 14.2 Å². The average Bonchev–Trinajstić information content (AvgIpc) is 2.48. The van der Waals surface area contributed by atoms with Gasteiger partial charge in [-0.15, -0.1) is 4.33 Å². The van der Waals surface area contributed by atoms with Gasteiger partial charge in [0.1, 0.15) is 4.75 Å². The molecule has 0 aliphatic heterocycles. The van der Waals surface area contributed by atoms with Crippen LogP contribution in [0.5, 0.6) is 0 Å². The van der Waals surface area contributed by atoms with E-state index in [0.717, 1.165) is 24.9 Å². The van der Waals surface area contributed by atoms with Crippen LogP contribution in [0.2, 0.25) is 0 Å². The zero-order valence-corrected chi connectivity index (χ0v) is 9.10. The molecule has 2 bridgehead atoms. The topological polar surface area (TPSA) is 55.8 Å². The Kier molecular flexibility index (Phi) is 2.38. The third-order valence-electron chi connectivity index (χ3n) is 4.00. The Morgan fingerprint density at radius 3 is 2.71 bits per heavy atom. The van der Waals surface area contributed by atoms with Crippen LogP contribution in [0.3, 0.4) is 0 Å². The van der Waals surface area contributed by atoms with E-state index in [1.807, 2.05) is 0 Å². The van der Waals surface area contributed by atoms with Gasteiger partial charge in [-0.2, -0.15) is 0 Å². The van der Waals surface area contributed by atoms with Crippen LogP contribution in [0, 0.1) is 11.3 Å². The van der Waals surface area contributed by atoms with Crippen molar-refractivity contribution in [1.82, 2.24) is 0 Å². The predicted octanol–water partition coefficient (Wildman–Crippen LogP) is 2.20. The van der Waals surface area contributed by atoms with Crippen molar-refractivity contribution in [3.63, 3.8) is 0 Å². The number of carbonyl (C=O) groups is 1. The molecule has 2 saturated carbocycles. The molecule has 0 saturated heterocycles. The summed E-state index contributed by atoms with van der Waals surface area (Å²) >= 11 is 0.966. The molecule has 2 fully saturated rings. The van der Waals surface area contributed by atoms with Gasteiger partial charge in [0.25, 0.3) is 0 Å². The summed E-state index contributed by atoms with van der Waals surface area (Å²) in [5.41, 5.74) is -0.0622. The van der Waals surface area contributed by atoms with E-state index in [4.69, 9.17) is 5.26 Å². The molecule has 0 amide bonds. The SMILES string of the molecule is CC1(C)C2CCC1(SOOO)C(=O)C2. The van der Waals surface area contributed by atoms with Crippen molar-refractivity contribution in [3.05, 3.63) is 0 Å². The molecule has 2 aliphatic rings. The van der Waals surface area contributed by atoms with Gasteiger partial charge in [0, 0.05) is 18.5 Å². The lowest BCUT2D eigenvalue weighted by Crippen LogP contribution is -2.40. The molecule has 2 aliphatic carbocycles. The number of rotatable bonds is 3. The molecule has 0 aromatic carbocycles. The van der Waals surface area contributed by atoms with Crippen molar-refractivity contribution in [1.29, 1.82) is 0 Å². The highest BCUT2D eigenvalue weighted by Crippen LogP contribution is 2.64. The third-order valence-corrected chi connectivity index (χ3v) is 5.37. The van der Waals surface area contributed by atoms with Gasteiger partial charge in [-0.25, -0.2) is 5.26 Å². The first kappa shape index (κ1) is 10.4. The van der Waals surface area contributed by atoms with Crippen LogP contribution in [0.25, 0.3) is 0 Å². The molecule has 2 atom stereocenters. The third kappa shape index (κ3) is 1.10. The van der Waals surface area contributed by atoms with Gasteiger partial charge >= 0.3 is 0 Å². The predicted molar refractivity (Wildman–Crippen MR) is 51.2 cm³/mol. The van der Waals surface area contributed by atoms with E-state index in [1.54, 1.807) is 0 Å². The number of hydrogen-bond acceptors (Lipinski definition) is 5. The maximum atomic E-state index is 11.8. The monoisotopic (exact) mass is 218 g/mol. The number of ketones is 1. The summed E-state index contributed by atoms with van der Waals surface area (Å²) in [7, 11) is 0. The Labute approximate surface area is 87.0 Å². The van der Waals surface area contributed by atoms with E-state index in [1.165, 1.54) is 0 Å². The smallest absolute Gasteiger partial charge is 0.152 e. The molecular formula is C9H14O4S. The van der Waals surface area contributed by atoms with Crippen LogP contribution < -0.4 is 0 Å². The number of carbonyl (C=O) groups excluding carboxylic acids is 1. The highest BCUT2D eigenvalue weighted by atomic mass is 32.2. The summed E-state index contributed by atoms with van der Waals surface area (Å²) in [5.74, 6) is 0.672. The summed E-state index contributed by atoms with van der Waals surface area (Å²) in [4.78, 5) is 11.8. The molecule has 0 aromatic rings. The van der Waals surface area contributed by atoms with E-state index in [2.05, 4.69) is 23.2 Å². The van der Waals surface area contributed by atoms with Crippen molar-refractivity contribution in [2.24, 2.45) is 11.3 Å². The number of fused-ring (bicyclic) bond motifs is 2. The minimum absolute atomic E-state index is 0.0622. The molecule has 0 spiro atoms. The first-order valence-corrected chi connectivity index (χ1v) is 5.48. The highest BCUT2D eigenvalue weighted by molar-refractivity contribution is 7.96. The fraction of sp³-hybridized carbons (Fsp3) is 0.889. The molecule has 4 nitrogen and oxygen atoms in total. The summed E-state index contributed by atoms with van der Waals surface area (Å²) in [5, 5.41) is 11.8. The molecule has 1 N–H and O–H groups in total. The van der Waals surface area contributed by atoms with Crippen molar-refractivity contribution >= 4 is 17.8 Å². The minimum atomic E-state index is -0.513. The second-order valence-corrected chi connectivity index (χ2v) is 5.64. The van der Waals surface area contributed by atoms with Gasteiger partial charge in [-0.05, 0) is 24.2 Å². The first-order valence-electron chi connectivity index (χ1n) is 4.74. The van der Waals surface area contributed by atoms with Crippen LogP contribution >= 0.6 is 12.0 Å². The molecular weight excluding hydrogens is 204 g/mol. The number of hydrogen-bond donors (Lipinski definition) is 1. The molecule has 0 heterocycles. The minimum Gasteiger partial charge on any atom is -0.298 e. The molecule has 5 heteroatoms. The quantitative estimate of drug-likeness (QED) is 0.447. The van der Waals surface area contributed by atoms with Gasteiger partial charge in [0.2, 0.25) is 0 Å². The summed E-state index contributed by atoms with van der Waals surface area (Å²) < 4.78 is 3.98. The second kappa shape index (κ2) is 3.20. The van der Waals surface area contributed by atoms with Gasteiger partial charge in [0.15, 0.2) is 5.78 Å². The van der Waals surface area contributed by atoms with Crippen LogP contribution in [0.15, 0.2) is 0 Å². The van der Waals surface area contributed by atoms with Gasteiger partial charge in [0.05, 0.1) is 0 Å². The van der Waals surface area contributed by atoms with E-state index >= 15 is 0 Å². The normalized spacial score (nSPS) is 39.4. The van der Waals surface area contributed by atoms with Gasteiger partial charge in [-0.3, -0.25) is 4.79 Å². The fourth-order valence-corrected chi connectivity index (χ4v) is 3.81. The zero-order valence-electron chi connectivity index (χ0n) is 8.28. The van der Waals surface area contributed by atoms with Crippen molar-refractivity contribution in [2.75, 3.05) is 0 Å². The fourth-order valence-electron chi connectivity index (χ4n) is 2.90. The maximum absolute atomic E-state index is 11.8. The van der Waals surface area contributed by atoms with E-state index < -0.39 is 4.75 Å². The lowest BCUT2D eigenvalue weighted by atomic mass is 9.81. The summed E-state index contributed by atoms with van der Waals surface area (Å²) in [6.07, 6.45) is 2.51. The molecule has 80 valence electrons. The molecule has 2 unspecified atom stereocenters. The Bertz CT molecular complexity index is 266. The average molecular weight is 218 g/mol. The highest BCUT2D eigenvalue weighted by Gasteiger charge is 2.65. The van der Waals surface area contributed by atoms with Gasteiger partial charge in [-0.1, -0.05) is 18.9 Å². The van der Waals surface area contributed by atoms with E-state index in [9.17, 15) is 4.79 Å². The van der Waals surface area contributed by atoms with Crippen LogP contribution in [0.1, 0.15) is 33.1 Å². The van der Waals surface area contributed by atoms with Gasteiger partial charge < -0.3 is 0 Å². The van der Waals surface area contributed by atoms with Crippen LogP contribution in [0.4, 0.5) is 0 Å². The largest absolute Gasteiger partial charge is 0.298 e. The summed E-state index contributed by atoms with van der Waals surface area (Å²) in [6, 6.07) is 0. The van der Waals surface area contributed by atoms with Crippen LogP contribution in [-0.4, -0.2) is 15.8 Å². The second-order valence-electron chi connectivity index (χ2n) is 4.64. The first-order chi connectivity index (χ1) is 6.54. The molecule has 0 radical (unpaired) electrons. The maximum Gasteiger partial charge on any atom is 0.152 e. The standard InChI is InChI=1S/C9H14O4S/c1-8(2)6-3-4-9(8,7(10)5-6)14-13-12-11/h6,11H,3-5H2,1-2H3. The Hall–Kier alpha value is -0.100. The molecule has 2 rings (SSSR count). The number of Topliss-reactive ketones (excluding diaryl/α,β-unsaturated/α-hetero) is 1. The Morgan fingerprint density at radius 1 is 1.57 bits per heavy atom. The molecule has 0 aromatic heterocycles. The Balaban J connectivity index is 2.25. The summed E-state index contributed by atoms with van der Waals surface area (Å²) in [6.45, 7) is 4.17. The van der Waals surface area contributed by atoms with Crippen molar-refractivity contribution in [2.45, 2.75) is 37.9 Å². The lowest BCUT2D eigenvalue weighted by molar-refractivity contribution is -0.432. The zero-order chi connectivity index (χ0) is 10.4. The van der Waals surface area contributed by atoms with Crippen molar-refractivity contribution in [3.8, 4) is 0 Å². The van der Waals surface area contributed by atoms with E-state index in [-0.39, 0.29) is 11.2 Å². The Morgan fingerprint density at radius 2 is 2.29 bits per heavy atom. The lowest BCUT2D eigenvalue weighted by Gasteiger charge is -2.33. The van der Waals surface area contributed by atoms with E-state index in [0.29, 0.717) is 12.3 Å².